The van der Waals surface area contributed by atoms with E-state index in [0.29, 0.717) is 18.5 Å². The quantitative estimate of drug-likeness (QED) is 0.824. The Balaban J connectivity index is 1.89. The fourth-order valence-electron chi connectivity index (χ4n) is 2.15. The minimum Gasteiger partial charge on any atom is -0.358 e. The average molecular weight is 218 g/mol. The summed E-state index contributed by atoms with van der Waals surface area (Å²) in [6.07, 6.45) is 1.16. The van der Waals surface area contributed by atoms with E-state index in [1.807, 2.05) is 13.1 Å². The normalized spacial score (nSPS) is 23.2. The Kier molecular flexibility index (Phi) is 3.25. The number of carbonyl (C=O) groups excluding carboxylic acids is 1. The van der Waals surface area contributed by atoms with Crippen molar-refractivity contribution in [2.75, 3.05) is 20.6 Å². The van der Waals surface area contributed by atoms with Crippen LogP contribution in [0.25, 0.3) is 0 Å². The Morgan fingerprint density at radius 3 is 2.75 bits per heavy atom. The van der Waals surface area contributed by atoms with Crippen molar-refractivity contribution in [3.63, 3.8) is 0 Å². The molecule has 1 aliphatic carbocycles. The Hall–Kier alpha value is -1.35. The van der Waals surface area contributed by atoms with Crippen LogP contribution in [0.1, 0.15) is 17.9 Å². The molecule has 3 heteroatoms. The molecule has 0 saturated heterocycles. The molecule has 1 amide bonds. The van der Waals surface area contributed by atoms with Crippen LogP contribution in [0.5, 0.6) is 0 Å². The number of carbonyl (C=O) groups is 1. The van der Waals surface area contributed by atoms with Crippen LogP contribution in [-0.4, -0.2) is 37.5 Å². The first kappa shape index (κ1) is 11.1. The highest BCUT2D eigenvalue weighted by molar-refractivity contribution is 5.77. The van der Waals surface area contributed by atoms with E-state index in [9.17, 15) is 4.79 Å². The van der Waals surface area contributed by atoms with Gasteiger partial charge in [0.15, 0.2) is 0 Å². The van der Waals surface area contributed by atoms with Gasteiger partial charge in [-0.3, -0.25) is 9.69 Å². The summed E-state index contributed by atoms with van der Waals surface area (Å²) >= 11 is 0. The third-order valence-electron chi connectivity index (χ3n) is 3.22. The van der Waals surface area contributed by atoms with E-state index in [2.05, 4.69) is 34.5 Å². The van der Waals surface area contributed by atoms with Gasteiger partial charge in [0.25, 0.3) is 0 Å². The maximum Gasteiger partial charge on any atom is 0.233 e. The molecule has 1 aromatic rings. The predicted molar refractivity (Wildman–Crippen MR) is 64.3 cm³/mol. The molecule has 0 radical (unpaired) electrons. The van der Waals surface area contributed by atoms with Crippen molar-refractivity contribution in [3.8, 4) is 0 Å². The minimum atomic E-state index is 0.0845. The minimum absolute atomic E-state index is 0.0845. The SMILES string of the molecule is CNC(=O)CN(C)[C@H]1CC1c1ccccc1. The monoisotopic (exact) mass is 218 g/mol. The zero-order valence-electron chi connectivity index (χ0n) is 9.81. The second-order valence-corrected chi connectivity index (χ2v) is 4.41. The van der Waals surface area contributed by atoms with Crippen LogP contribution in [0, 0.1) is 0 Å². The highest BCUT2D eigenvalue weighted by Crippen LogP contribution is 2.43. The molecule has 1 fully saturated rings. The van der Waals surface area contributed by atoms with E-state index in [1.54, 1.807) is 7.05 Å². The lowest BCUT2D eigenvalue weighted by molar-refractivity contribution is -0.121. The topological polar surface area (TPSA) is 32.3 Å². The number of benzene rings is 1. The maximum atomic E-state index is 11.2. The van der Waals surface area contributed by atoms with Crippen molar-refractivity contribution in [1.82, 2.24) is 10.2 Å². The van der Waals surface area contributed by atoms with Crippen LogP contribution in [0.15, 0.2) is 30.3 Å². The molecule has 0 bridgehead atoms. The molecule has 3 nitrogen and oxygen atoms in total. The summed E-state index contributed by atoms with van der Waals surface area (Å²) in [5.41, 5.74) is 1.39. The lowest BCUT2D eigenvalue weighted by Gasteiger charge is -2.15. The number of nitrogens with zero attached hydrogens (tertiary/aromatic N) is 1. The summed E-state index contributed by atoms with van der Waals surface area (Å²) in [5, 5.41) is 2.65. The molecule has 0 heterocycles. The summed E-state index contributed by atoms with van der Waals surface area (Å²) in [5.74, 6) is 0.692. The number of amides is 1. The summed E-state index contributed by atoms with van der Waals surface area (Å²) in [6.45, 7) is 0.491. The van der Waals surface area contributed by atoms with E-state index >= 15 is 0 Å². The molecule has 0 aromatic heterocycles. The van der Waals surface area contributed by atoms with Gasteiger partial charge in [-0.1, -0.05) is 30.3 Å². The van der Waals surface area contributed by atoms with Gasteiger partial charge in [-0.2, -0.15) is 0 Å². The van der Waals surface area contributed by atoms with Crippen LogP contribution in [-0.2, 0) is 4.79 Å². The number of likely N-dealkylation sites (N-methyl/N-ethyl adjacent to an activating group) is 2. The summed E-state index contributed by atoms with van der Waals surface area (Å²) in [7, 11) is 3.70. The van der Waals surface area contributed by atoms with E-state index in [0.717, 1.165) is 6.42 Å². The van der Waals surface area contributed by atoms with Crippen molar-refractivity contribution in [2.45, 2.75) is 18.4 Å². The molecular formula is C13H18N2O. The highest BCUT2D eigenvalue weighted by Gasteiger charge is 2.41. The molecule has 2 atom stereocenters. The molecule has 1 N–H and O–H groups in total. The van der Waals surface area contributed by atoms with Gasteiger partial charge in [0.1, 0.15) is 0 Å². The third-order valence-corrected chi connectivity index (χ3v) is 3.22. The first-order chi connectivity index (χ1) is 7.72. The molecule has 2 rings (SSSR count). The van der Waals surface area contributed by atoms with Crippen molar-refractivity contribution in [1.29, 1.82) is 0 Å². The van der Waals surface area contributed by atoms with Crippen molar-refractivity contribution < 1.29 is 4.79 Å². The zero-order chi connectivity index (χ0) is 11.5. The van der Waals surface area contributed by atoms with Gasteiger partial charge in [-0.15, -0.1) is 0 Å². The first-order valence-corrected chi connectivity index (χ1v) is 5.68. The van der Waals surface area contributed by atoms with Crippen LogP contribution in [0.4, 0.5) is 0 Å². The van der Waals surface area contributed by atoms with Gasteiger partial charge in [-0.25, -0.2) is 0 Å². The summed E-state index contributed by atoms with van der Waals surface area (Å²) < 4.78 is 0. The first-order valence-electron chi connectivity index (χ1n) is 5.68. The molecule has 0 aliphatic heterocycles. The number of rotatable bonds is 4. The van der Waals surface area contributed by atoms with Crippen molar-refractivity contribution >= 4 is 5.91 Å². The average Bonchev–Trinajstić information content (AvgIpc) is 3.10. The Labute approximate surface area is 96.5 Å². The predicted octanol–water partition coefficient (Wildman–Crippen LogP) is 1.22. The molecule has 16 heavy (non-hydrogen) atoms. The molecule has 0 spiro atoms. The Morgan fingerprint density at radius 2 is 2.12 bits per heavy atom. The van der Waals surface area contributed by atoms with Crippen LogP contribution < -0.4 is 5.32 Å². The van der Waals surface area contributed by atoms with E-state index in [1.165, 1.54) is 5.56 Å². The maximum absolute atomic E-state index is 11.2. The second-order valence-electron chi connectivity index (χ2n) is 4.41. The van der Waals surface area contributed by atoms with Crippen LogP contribution >= 0.6 is 0 Å². The molecule has 1 unspecified atom stereocenters. The standard InChI is InChI=1S/C13H18N2O/c1-14-13(16)9-15(2)12-8-11(12)10-6-4-3-5-7-10/h3-7,11-12H,8-9H2,1-2H3,(H,14,16)/t11?,12-/m0/s1. The molecule has 86 valence electrons. The highest BCUT2D eigenvalue weighted by atomic mass is 16.1. The molecular weight excluding hydrogens is 200 g/mol. The van der Waals surface area contributed by atoms with E-state index < -0.39 is 0 Å². The number of hydrogen-bond acceptors (Lipinski definition) is 2. The van der Waals surface area contributed by atoms with E-state index in [-0.39, 0.29) is 5.91 Å². The van der Waals surface area contributed by atoms with E-state index in [4.69, 9.17) is 0 Å². The third kappa shape index (κ3) is 2.42. The largest absolute Gasteiger partial charge is 0.358 e. The smallest absolute Gasteiger partial charge is 0.233 e. The summed E-state index contributed by atoms with van der Waals surface area (Å²) in [6, 6.07) is 11.0. The number of hydrogen-bond donors (Lipinski definition) is 1. The summed E-state index contributed by atoms with van der Waals surface area (Å²) in [4.78, 5) is 13.4. The second kappa shape index (κ2) is 4.66. The number of nitrogens with one attached hydrogen (secondary N) is 1. The van der Waals surface area contributed by atoms with Crippen LogP contribution in [0.2, 0.25) is 0 Å². The van der Waals surface area contributed by atoms with Gasteiger partial charge in [0.2, 0.25) is 5.91 Å². The van der Waals surface area contributed by atoms with Gasteiger partial charge in [-0.05, 0) is 19.0 Å². The van der Waals surface area contributed by atoms with Crippen molar-refractivity contribution in [2.24, 2.45) is 0 Å². The Bertz CT molecular complexity index is 363. The lowest BCUT2D eigenvalue weighted by Crippen LogP contribution is -2.34. The fraction of sp³-hybridized carbons (Fsp3) is 0.462. The van der Waals surface area contributed by atoms with Crippen LogP contribution in [0.3, 0.4) is 0 Å². The van der Waals surface area contributed by atoms with Gasteiger partial charge in [0.05, 0.1) is 6.54 Å². The Morgan fingerprint density at radius 1 is 1.44 bits per heavy atom. The molecule has 1 aliphatic rings. The van der Waals surface area contributed by atoms with Gasteiger partial charge < -0.3 is 5.32 Å². The lowest BCUT2D eigenvalue weighted by atomic mass is 10.1. The van der Waals surface area contributed by atoms with Gasteiger partial charge >= 0.3 is 0 Å². The molecule has 1 saturated carbocycles. The molecule has 1 aromatic carbocycles. The zero-order valence-corrected chi connectivity index (χ0v) is 9.81. The van der Waals surface area contributed by atoms with Crippen molar-refractivity contribution in [3.05, 3.63) is 35.9 Å². The fourth-order valence-corrected chi connectivity index (χ4v) is 2.15. The van der Waals surface area contributed by atoms with Gasteiger partial charge in [0, 0.05) is 19.0 Å².